The third kappa shape index (κ3) is 13.1. The lowest BCUT2D eigenvalue weighted by molar-refractivity contribution is -0.140. The van der Waals surface area contributed by atoms with Crippen molar-refractivity contribution in [2.45, 2.75) is 32.1 Å². The van der Waals surface area contributed by atoms with Gasteiger partial charge in [0.25, 0.3) is 0 Å². The zero-order chi connectivity index (χ0) is 24.6. The Morgan fingerprint density at radius 2 is 0.788 bits per heavy atom. The minimum Gasteiger partial charge on any atom is -0.481 e. The summed E-state index contributed by atoms with van der Waals surface area (Å²) in [4.78, 5) is 42.9. The van der Waals surface area contributed by atoms with Crippen molar-refractivity contribution < 1.29 is 58.6 Å². The monoisotopic (exact) mass is 478 g/mol. The van der Waals surface area contributed by atoms with Crippen LogP contribution < -0.4 is 0 Å². The first-order chi connectivity index (χ1) is 15.7. The normalized spacial score (nSPS) is 22.3. The van der Waals surface area contributed by atoms with Crippen LogP contribution in [-0.4, -0.2) is 97.2 Å². The van der Waals surface area contributed by atoms with E-state index >= 15 is 0 Å². The summed E-state index contributed by atoms with van der Waals surface area (Å²) in [5, 5.41) is 35.2. The summed E-state index contributed by atoms with van der Waals surface area (Å²) in [6.07, 6.45) is 0.0912. The molecule has 0 aromatic heterocycles. The molecule has 1 rings (SSSR count). The molecule has 12 nitrogen and oxygen atoms in total. The Kier molecular flexibility index (Phi) is 14.2. The number of aliphatic carboxylic acids is 4. The number of carbonyl (C=O) groups is 4. The molecule has 0 aromatic carbocycles. The Labute approximate surface area is 191 Å². The van der Waals surface area contributed by atoms with Crippen molar-refractivity contribution >= 4 is 23.9 Å². The molecule has 1 saturated carbocycles. The van der Waals surface area contributed by atoms with E-state index in [2.05, 4.69) is 0 Å². The molecule has 4 unspecified atom stereocenters. The highest BCUT2D eigenvalue weighted by Gasteiger charge is 2.43. The molecule has 4 N–H and O–H groups in total. The van der Waals surface area contributed by atoms with E-state index in [0.717, 1.165) is 0 Å². The van der Waals surface area contributed by atoms with Gasteiger partial charge in [-0.2, -0.15) is 0 Å². The Balaban J connectivity index is 2.78. The SMILES string of the molecule is O=C(O)CCOCC1CC(COCCC(=O)O)C(COCCC(=O)O)C1COCCC(=O)O. The lowest BCUT2D eigenvalue weighted by Crippen LogP contribution is -2.30. The Bertz CT molecular complexity index is 570. The third-order valence-electron chi connectivity index (χ3n) is 5.49. The molecule has 0 saturated heterocycles. The van der Waals surface area contributed by atoms with Crippen molar-refractivity contribution in [3.05, 3.63) is 0 Å². The minimum atomic E-state index is -0.978. The van der Waals surface area contributed by atoms with Gasteiger partial charge in [0.05, 0.1) is 65.3 Å². The highest BCUT2D eigenvalue weighted by Crippen LogP contribution is 2.42. The van der Waals surface area contributed by atoms with Crippen LogP contribution in [0.15, 0.2) is 0 Å². The predicted molar refractivity (Wildman–Crippen MR) is 111 cm³/mol. The van der Waals surface area contributed by atoms with E-state index in [1.807, 2.05) is 0 Å². The maximum atomic E-state index is 10.8. The van der Waals surface area contributed by atoms with Crippen molar-refractivity contribution in [1.29, 1.82) is 0 Å². The van der Waals surface area contributed by atoms with Crippen LogP contribution in [0, 0.1) is 23.7 Å². The molecular weight excluding hydrogens is 444 g/mol. The second kappa shape index (κ2) is 16.4. The smallest absolute Gasteiger partial charge is 0.305 e. The molecular formula is C21H34O12. The maximum absolute atomic E-state index is 10.8. The lowest BCUT2D eigenvalue weighted by atomic mass is 9.88. The number of carboxylic acid groups (broad SMARTS) is 4. The van der Waals surface area contributed by atoms with Crippen molar-refractivity contribution in [2.75, 3.05) is 52.9 Å². The van der Waals surface area contributed by atoms with Gasteiger partial charge >= 0.3 is 23.9 Å². The van der Waals surface area contributed by atoms with Crippen LogP contribution in [0.5, 0.6) is 0 Å². The van der Waals surface area contributed by atoms with Crippen LogP contribution in [0.2, 0.25) is 0 Å². The van der Waals surface area contributed by atoms with Gasteiger partial charge in [-0.15, -0.1) is 0 Å². The number of ether oxygens (including phenoxy) is 4. The third-order valence-corrected chi connectivity index (χ3v) is 5.49. The zero-order valence-electron chi connectivity index (χ0n) is 18.6. The number of hydrogen-bond donors (Lipinski definition) is 4. The van der Waals surface area contributed by atoms with Crippen LogP contribution in [0.25, 0.3) is 0 Å². The van der Waals surface area contributed by atoms with E-state index in [0.29, 0.717) is 6.42 Å². The summed E-state index contributed by atoms with van der Waals surface area (Å²) < 4.78 is 22.3. The fraction of sp³-hybridized carbons (Fsp3) is 0.810. The summed E-state index contributed by atoms with van der Waals surface area (Å²) in [5.41, 5.74) is 0. The first-order valence-corrected chi connectivity index (χ1v) is 10.9. The maximum Gasteiger partial charge on any atom is 0.305 e. The second-order valence-corrected chi connectivity index (χ2v) is 7.96. The standard InChI is InChI=1S/C21H34O12/c22-18(23)1-5-30-10-14-9-15(11-31-6-2-19(24)25)17(13-33-8-4-21(28)29)16(14)12-32-7-3-20(26)27/h14-17H,1-13H2,(H,22,23)(H,24,25)(H,26,27)(H,28,29). The lowest BCUT2D eigenvalue weighted by Gasteiger charge is -2.27. The van der Waals surface area contributed by atoms with Crippen molar-refractivity contribution in [3.8, 4) is 0 Å². The first kappa shape index (κ1) is 28.8. The van der Waals surface area contributed by atoms with Crippen LogP contribution in [0.3, 0.4) is 0 Å². The van der Waals surface area contributed by atoms with E-state index in [1.54, 1.807) is 0 Å². The molecule has 0 amide bonds. The average molecular weight is 478 g/mol. The fourth-order valence-corrected chi connectivity index (χ4v) is 3.89. The van der Waals surface area contributed by atoms with Gasteiger partial charge in [0.1, 0.15) is 0 Å². The van der Waals surface area contributed by atoms with Crippen molar-refractivity contribution in [2.24, 2.45) is 23.7 Å². The van der Waals surface area contributed by atoms with Gasteiger partial charge in [0, 0.05) is 13.2 Å². The van der Waals surface area contributed by atoms with Crippen LogP contribution in [0.1, 0.15) is 32.1 Å². The molecule has 1 aliphatic rings. The van der Waals surface area contributed by atoms with E-state index in [9.17, 15) is 19.2 Å². The molecule has 4 atom stereocenters. The second-order valence-electron chi connectivity index (χ2n) is 7.96. The van der Waals surface area contributed by atoms with Crippen molar-refractivity contribution in [3.63, 3.8) is 0 Å². The van der Waals surface area contributed by atoms with Gasteiger partial charge in [0.2, 0.25) is 0 Å². The fourth-order valence-electron chi connectivity index (χ4n) is 3.89. The van der Waals surface area contributed by atoms with Gasteiger partial charge in [0.15, 0.2) is 0 Å². The highest BCUT2D eigenvalue weighted by molar-refractivity contribution is 5.67. The van der Waals surface area contributed by atoms with E-state index in [4.69, 9.17) is 39.4 Å². The van der Waals surface area contributed by atoms with Crippen molar-refractivity contribution in [1.82, 2.24) is 0 Å². The molecule has 1 aliphatic carbocycles. The predicted octanol–water partition coefficient (Wildman–Crippen LogP) is 0.820. The van der Waals surface area contributed by atoms with Gasteiger partial charge in [-0.3, -0.25) is 19.2 Å². The largest absolute Gasteiger partial charge is 0.481 e. The molecule has 0 radical (unpaired) electrons. The number of carboxylic acids is 4. The summed E-state index contributed by atoms with van der Waals surface area (Å²) in [7, 11) is 0. The summed E-state index contributed by atoms with van der Waals surface area (Å²) in [5.74, 6) is -4.19. The van der Waals surface area contributed by atoms with E-state index in [1.165, 1.54) is 0 Å². The van der Waals surface area contributed by atoms with Gasteiger partial charge in [-0.05, 0) is 30.1 Å². The zero-order valence-corrected chi connectivity index (χ0v) is 18.6. The number of rotatable bonds is 20. The molecule has 12 heteroatoms. The summed E-state index contributed by atoms with van der Waals surface area (Å²) in [6, 6.07) is 0. The van der Waals surface area contributed by atoms with Gasteiger partial charge < -0.3 is 39.4 Å². The molecule has 0 bridgehead atoms. The van der Waals surface area contributed by atoms with Gasteiger partial charge in [-0.1, -0.05) is 0 Å². The summed E-state index contributed by atoms with van der Waals surface area (Å²) >= 11 is 0. The molecule has 0 heterocycles. The first-order valence-electron chi connectivity index (χ1n) is 10.9. The molecule has 1 fully saturated rings. The van der Waals surface area contributed by atoms with Crippen LogP contribution >= 0.6 is 0 Å². The quantitative estimate of drug-likeness (QED) is 0.181. The number of hydrogen-bond acceptors (Lipinski definition) is 8. The molecule has 33 heavy (non-hydrogen) atoms. The molecule has 0 aromatic rings. The Morgan fingerprint density at radius 1 is 0.515 bits per heavy atom. The Hall–Kier alpha value is -2.28. The summed E-state index contributed by atoms with van der Waals surface area (Å²) in [6.45, 7) is 1.19. The van der Waals surface area contributed by atoms with E-state index < -0.39 is 23.9 Å². The molecule has 190 valence electrons. The highest BCUT2D eigenvalue weighted by atomic mass is 16.5. The minimum absolute atomic E-state index is 0.0325. The van der Waals surface area contributed by atoms with Crippen LogP contribution in [0.4, 0.5) is 0 Å². The topological polar surface area (TPSA) is 186 Å². The van der Waals surface area contributed by atoms with Gasteiger partial charge in [-0.25, -0.2) is 0 Å². The van der Waals surface area contributed by atoms with E-state index in [-0.39, 0.29) is 102 Å². The average Bonchev–Trinajstić information content (AvgIpc) is 3.05. The molecule has 0 aliphatic heterocycles. The van der Waals surface area contributed by atoms with Crippen LogP contribution in [-0.2, 0) is 38.1 Å². The molecule has 0 spiro atoms. The Morgan fingerprint density at radius 3 is 1.06 bits per heavy atom.